The molecule has 1 N–H and O–H groups in total. The molecule has 2 aromatic heterocycles. The number of aromatic nitrogens is 4. The molecule has 2 heterocycles. The van der Waals surface area contributed by atoms with Gasteiger partial charge in [0.25, 0.3) is 0 Å². The molecule has 0 saturated heterocycles. The second-order valence-corrected chi connectivity index (χ2v) is 5.35. The van der Waals surface area contributed by atoms with E-state index >= 15 is 0 Å². The summed E-state index contributed by atoms with van der Waals surface area (Å²) < 4.78 is 1.34. The predicted molar refractivity (Wildman–Crippen MR) is 70.5 cm³/mol. The first-order valence-corrected chi connectivity index (χ1v) is 5.98. The molecule has 0 radical (unpaired) electrons. The van der Waals surface area contributed by atoms with Gasteiger partial charge in [0.2, 0.25) is 0 Å². The minimum Gasteiger partial charge on any atom is -0.297 e. The molecule has 19 heavy (non-hydrogen) atoms. The van der Waals surface area contributed by atoms with Crippen molar-refractivity contribution in [3.05, 3.63) is 35.0 Å². The first-order valence-electron chi connectivity index (χ1n) is 5.98. The van der Waals surface area contributed by atoms with Crippen molar-refractivity contribution in [3.63, 3.8) is 0 Å². The summed E-state index contributed by atoms with van der Waals surface area (Å²) in [5, 5.41) is 6.32. The molecule has 6 heteroatoms. The summed E-state index contributed by atoms with van der Waals surface area (Å²) in [5.41, 5.74) is -0.192. The third-order valence-electron chi connectivity index (χ3n) is 2.82. The van der Waals surface area contributed by atoms with Gasteiger partial charge in [-0.2, -0.15) is 5.10 Å². The van der Waals surface area contributed by atoms with Crippen LogP contribution in [0, 0.1) is 5.41 Å². The molecule has 0 aliphatic carbocycles. The average molecular weight is 260 g/mol. The van der Waals surface area contributed by atoms with E-state index in [2.05, 4.69) is 15.2 Å². The molecule has 0 aliphatic rings. The Morgan fingerprint density at radius 3 is 2.74 bits per heavy atom. The molecule has 0 spiro atoms. The quantitative estimate of drug-likeness (QED) is 0.900. The minimum absolute atomic E-state index is 0.00304. The minimum atomic E-state index is -0.497. The first kappa shape index (κ1) is 13.2. The van der Waals surface area contributed by atoms with E-state index in [1.54, 1.807) is 24.5 Å². The standard InChI is InChI=1S/C13H16N4O2/c1-13(2,3)10(18)8-17-11(15-16-12(17)19)9-5-4-6-14-7-9/h4-7H,8H2,1-3H3,(H,16,19). The highest BCUT2D eigenvalue weighted by Crippen LogP contribution is 2.18. The number of carbonyl (C=O) groups excluding carboxylic acids is 1. The van der Waals surface area contributed by atoms with Gasteiger partial charge in [0.15, 0.2) is 11.6 Å². The van der Waals surface area contributed by atoms with E-state index < -0.39 is 11.1 Å². The second-order valence-electron chi connectivity index (χ2n) is 5.35. The maximum atomic E-state index is 12.1. The first-order chi connectivity index (χ1) is 8.89. The number of nitrogens with one attached hydrogen (secondary N) is 1. The van der Waals surface area contributed by atoms with Crippen LogP contribution < -0.4 is 5.69 Å². The molecule has 0 unspecified atom stereocenters. The summed E-state index contributed by atoms with van der Waals surface area (Å²) >= 11 is 0. The normalized spacial score (nSPS) is 11.5. The number of ketones is 1. The summed E-state index contributed by atoms with van der Waals surface area (Å²) in [7, 11) is 0. The van der Waals surface area contributed by atoms with Gasteiger partial charge < -0.3 is 0 Å². The molecule has 0 aromatic carbocycles. The van der Waals surface area contributed by atoms with E-state index in [-0.39, 0.29) is 12.3 Å². The second kappa shape index (κ2) is 4.79. The highest BCUT2D eigenvalue weighted by Gasteiger charge is 2.23. The van der Waals surface area contributed by atoms with E-state index in [4.69, 9.17) is 0 Å². The Balaban J connectivity index is 2.40. The number of rotatable bonds is 3. The fourth-order valence-electron chi connectivity index (χ4n) is 1.56. The van der Waals surface area contributed by atoms with E-state index in [0.717, 1.165) is 0 Å². The molecule has 0 atom stereocenters. The van der Waals surface area contributed by atoms with Crippen LogP contribution in [0.3, 0.4) is 0 Å². The van der Waals surface area contributed by atoms with Gasteiger partial charge in [-0.25, -0.2) is 9.89 Å². The Morgan fingerprint density at radius 2 is 2.16 bits per heavy atom. The molecule has 0 fully saturated rings. The summed E-state index contributed by atoms with van der Waals surface area (Å²) in [6, 6.07) is 3.55. The Bertz CT molecular complexity index is 635. The zero-order valence-electron chi connectivity index (χ0n) is 11.2. The van der Waals surface area contributed by atoms with E-state index in [0.29, 0.717) is 11.4 Å². The number of Topliss-reactive ketones (excluding diaryl/α,β-unsaturated/α-hetero) is 1. The van der Waals surface area contributed by atoms with Crippen molar-refractivity contribution in [1.29, 1.82) is 0 Å². The summed E-state index contributed by atoms with van der Waals surface area (Å²) in [5.74, 6) is 0.400. The van der Waals surface area contributed by atoms with Crippen molar-refractivity contribution in [3.8, 4) is 11.4 Å². The van der Waals surface area contributed by atoms with Crippen LogP contribution in [0.1, 0.15) is 20.8 Å². The van der Waals surface area contributed by atoms with Gasteiger partial charge in [-0.15, -0.1) is 0 Å². The van der Waals surface area contributed by atoms with Gasteiger partial charge in [-0.3, -0.25) is 14.3 Å². The van der Waals surface area contributed by atoms with Gasteiger partial charge in [0.1, 0.15) is 0 Å². The van der Waals surface area contributed by atoms with Crippen molar-refractivity contribution in [2.75, 3.05) is 0 Å². The monoisotopic (exact) mass is 260 g/mol. The number of hydrogen-bond donors (Lipinski definition) is 1. The van der Waals surface area contributed by atoms with Crippen LogP contribution >= 0.6 is 0 Å². The van der Waals surface area contributed by atoms with Crippen LogP contribution in [-0.4, -0.2) is 25.5 Å². The Kier molecular flexibility index (Phi) is 3.33. The summed E-state index contributed by atoms with van der Waals surface area (Å²) in [6.45, 7) is 5.47. The van der Waals surface area contributed by atoms with Crippen LogP contribution in [0.5, 0.6) is 0 Å². The van der Waals surface area contributed by atoms with Gasteiger partial charge in [0, 0.05) is 23.4 Å². The van der Waals surface area contributed by atoms with Crippen molar-refractivity contribution < 1.29 is 4.79 Å². The molecular formula is C13H16N4O2. The van der Waals surface area contributed by atoms with E-state index in [1.807, 2.05) is 20.8 Å². The fraction of sp³-hybridized carbons (Fsp3) is 0.385. The predicted octanol–water partition coefficient (Wildman–Crippen LogP) is 1.25. The lowest BCUT2D eigenvalue weighted by Crippen LogP contribution is -2.30. The highest BCUT2D eigenvalue weighted by molar-refractivity contribution is 5.83. The molecular weight excluding hydrogens is 244 g/mol. The smallest absolute Gasteiger partial charge is 0.297 e. The number of pyridine rings is 1. The number of H-pyrrole nitrogens is 1. The number of aromatic amines is 1. The maximum absolute atomic E-state index is 12.1. The molecule has 100 valence electrons. The molecule has 2 rings (SSSR count). The molecule has 0 bridgehead atoms. The fourth-order valence-corrected chi connectivity index (χ4v) is 1.56. The van der Waals surface area contributed by atoms with Crippen LogP contribution in [0.4, 0.5) is 0 Å². The Labute approximate surface area is 110 Å². The zero-order valence-corrected chi connectivity index (χ0v) is 11.2. The SMILES string of the molecule is CC(C)(C)C(=O)Cn1c(-c2cccnc2)n[nH]c1=O. The van der Waals surface area contributed by atoms with Crippen LogP contribution in [0.2, 0.25) is 0 Å². The van der Waals surface area contributed by atoms with E-state index in [9.17, 15) is 9.59 Å². The molecule has 0 amide bonds. The zero-order chi connectivity index (χ0) is 14.0. The summed E-state index contributed by atoms with van der Waals surface area (Å²) in [4.78, 5) is 27.8. The van der Waals surface area contributed by atoms with Crippen LogP contribution in [0.25, 0.3) is 11.4 Å². The Morgan fingerprint density at radius 1 is 1.42 bits per heavy atom. The van der Waals surface area contributed by atoms with Crippen molar-refractivity contribution in [2.24, 2.45) is 5.41 Å². The van der Waals surface area contributed by atoms with Gasteiger partial charge >= 0.3 is 5.69 Å². The maximum Gasteiger partial charge on any atom is 0.343 e. The number of hydrogen-bond acceptors (Lipinski definition) is 4. The van der Waals surface area contributed by atoms with Crippen molar-refractivity contribution in [2.45, 2.75) is 27.3 Å². The van der Waals surface area contributed by atoms with Gasteiger partial charge in [0.05, 0.1) is 6.54 Å². The Hall–Kier alpha value is -2.24. The number of nitrogens with zero attached hydrogens (tertiary/aromatic N) is 3. The van der Waals surface area contributed by atoms with Crippen molar-refractivity contribution >= 4 is 5.78 Å². The third-order valence-corrected chi connectivity index (χ3v) is 2.82. The molecule has 6 nitrogen and oxygen atoms in total. The lowest BCUT2D eigenvalue weighted by atomic mass is 9.91. The van der Waals surface area contributed by atoms with Crippen molar-refractivity contribution in [1.82, 2.24) is 19.7 Å². The van der Waals surface area contributed by atoms with Crippen LogP contribution in [-0.2, 0) is 11.3 Å². The lowest BCUT2D eigenvalue weighted by molar-refractivity contribution is -0.126. The molecule has 0 aliphatic heterocycles. The highest BCUT2D eigenvalue weighted by atomic mass is 16.2. The third kappa shape index (κ3) is 2.78. The molecule has 0 saturated carbocycles. The number of carbonyl (C=O) groups is 1. The van der Waals surface area contributed by atoms with E-state index in [1.165, 1.54) is 4.57 Å². The average Bonchev–Trinajstić information content (AvgIpc) is 2.71. The molecule has 2 aromatic rings. The topological polar surface area (TPSA) is 80.6 Å². The van der Waals surface area contributed by atoms with Gasteiger partial charge in [-0.1, -0.05) is 20.8 Å². The largest absolute Gasteiger partial charge is 0.343 e. The van der Waals surface area contributed by atoms with Crippen LogP contribution in [0.15, 0.2) is 29.3 Å². The van der Waals surface area contributed by atoms with Gasteiger partial charge in [-0.05, 0) is 12.1 Å². The summed E-state index contributed by atoms with van der Waals surface area (Å²) in [6.07, 6.45) is 3.24. The lowest BCUT2D eigenvalue weighted by Gasteiger charge is -2.16.